The maximum atomic E-state index is 4.66. The zero-order chi connectivity index (χ0) is 16.8. The second-order valence-electron chi connectivity index (χ2n) is 6.02. The maximum absolute atomic E-state index is 4.66. The molecule has 1 aromatic heterocycles. The van der Waals surface area contributed by atoms with E-state index < -0.39 is 0 Å². The Balaban J connectivity index is 1.69. The fourth-order valence-electron chi connectivity index (χ4n) is 2.64. The molecule has 0 saturated heterocycles. The summed E-state index contributed by atoms with van der Waals surface area (Å²) in [6, 6.07) is 14.8. The van der Waals surface area contributed by atoms with Crippen molar-refractivity contribution in [3.05, 3.63) is 47.8 Å². The van der Waals surface area contributed by atoms with E-state index in [0.717, 1.165) is 28.5 Å². The number of thiazole rings is 1. The van der Waals surface area contributed by atoms with Crippen LogP contribution in [-0.2, 0) is 0 Å². The molecule has 3 nitrogen and oxygen atoms in total. The maximum Gasteiger partial charge on any atom is 0.203 e. The van der Waals surface area contributed by atoms with Crippen molar-refractivity contribution >= 4 is 33.0 Å². The van der Waals surface area contributed by atoms with Crippen molar-refractivity contribution in [3.8, 4) is 11.3 Å². The van der Waals surface area contributed by atoms with Gasteiger partial charge in [0.25, 0.3) is 0 Å². The van der Waals surface area contributed by atoms with E-state index >= 15 is 0 Å². The largest absolute Gasteiger partial charge is 0.253 e. The van der Waals surface area contributed by atoms with E-state index in [9.17, 15) is 0 Å². The molecule has 0 spiro atoms. The monoisotopic (exact) mass is 337 g/mol. The van der Waals surface area contributed by atoms with Crippen LogP contribution in [0.25, 0.3) is 22.0 Å². The highest BCUT2D eigenvalue weighted by molar-refractivity contribution is 7.14. The molecule has 24 heavy (non-hydrogen) atoms. The highest BCUT2D eigenvalue weighted by Crippen LogP contribution is 2.27. The van der Waals surface area contributed by atoms with E-state index in [0.29, 0.717) is 0 Å². The predicted octanol–water partition coefficient (Wildman–Crippen LogP) is 6.33. The molecule has 0 fully saturated rings. The van der Waals surface area contributed by atoms with Crippen LogP contribution in [0.1, 0.15) is 39.5 Å². The van der Waals surface area contributed by atoms with E-state index in [1.54, 1.807) is 11.3 Å². The van der Waals surface area contributed by atoms with Crippen LogP contribution in [0.4, 0.5) is 5.13 Å². The van der Waals surface area contributed by atoms with Crippen molar-refractivity contribution in [1.29, 1.82) is 0 Å². The van der Waals surface area contributed by atoms with Crippen LogP contribution in [0.3, 0.4) is 0 Å². The summed E-state index contributed by atoms with van der Waals surface area (Å²) in [6.45, 7) is 4.29. The molecule has 0 atom stereocenters. The van der Waals surface area contributed by atoms with Gasteiger partial charge < -0.3 is 0 Å². The Morgan fingerprint density at radius 1 is 1.12 bits per heavy atom. The standard InChI is InChI=1S/C20H23N3S/c1-3-4-5-8-15(2)22-23-20-21-19(14-24-20)18-12-11-16-9-6-7-10-17(16)13-18/h6-7,9-14H,3-5,8H2,1-2H3,(H,21,23)/b22-15-. The lowest BCUT2D eigenvalue weighted by Gasteiger charge is -2.01. The minimum absolute atomic E-state index is 0.841. The first kappa shape index (κ1) is 16.7. The third kappa shape index (κ3) is 4.20. The zero-order valence-corrected chi connectivity index (χ0v) is 15.1. The van der Waals surface area contributed by atoms with E-state index in [-0.39, 0.29) is 0 Å². The molecule has 3 rings (SSSR count). The van der Waals surface area contributed by atoms with Crippen LogP contribution in [0.15, 0.2) is 52.9 Å². The Bertz CT molecular complexity index is 836. The first-order valence-electron chi connectivity index (χ1n) is 8.50. The van der Waals surface area contributed by atoms with E-state index in [4.69, 9.17) is 0 Å². The number of hydrogen-bond donors (Lipinski definition) is 1. The smallest absolute Gasteiger partial charge is 0.203 e. The summed E-state index contributed by atoms with van der Waals surface area (Å²) in [5, 5.41) is 9.85. The van der Waals surface area contributed by atoms with Crippen LogP contribution in [-0.4, -0.2) is 10.7 Å². The lowest BCUT2D eigenvalue weighted by molar-refractivity contribution is 0.740. The summed E-state index contributed by atoms with van der Waals surface area (Å²) in [5.74, 6) is 0. The number of nitrogens with zero attached hydrogens (tertiary/aromatic N) is 2. The molecule has 2 aromatic carbocycles. The van der Waals surface area contributed by atoms with Crippen LogP contribution < -0.4 is 5.43 Å². The number of unbranched alkanes of at least 4 members (excludes halogenated alkanes) is 2. The fraction of sp³-hybridized carbons (Fsp3) is 0.300. The van der Waals surface area contributed by atoms with Crippen molar-refractivity contribution in [2.24, 2.45) is 5.10 Å². The van der Waals surface area contributed by atoms with Crippen LogP contribution in [0, 0.1) is 0 Å². The minimum atomic E-state index is 0.841. The van der Waals surface area contributed by atoms with Gasteiger partial charge in [0.15, 0.2) is 0 Å². The third-order valence-corrected chi connectivity index (χ3v) is 4.78. The molecule has 1 N–H and O–H groups in total. The van der Waals surface area contributed by atoms with Gasteiger partial charge in [-0.05, 0) is 36.6 Å². The number of nitrogens with one attached hydrogen (secondary N) is 1. The Morgan fingerprint density at radius 3 is 2.79 bits per heavy atom. The Hall–Kier alpha value is -2.20. The average Bonchev–Trinajstić information content (AvgIpc) is 3.09. The molecule has 1 heterocycles. The molecule has 0 aliphatic carbocycles. The van der Waals surface area contributed by atoms with Crippen molar-refractivity contribution < 1.29 is 0 Å². The van der Waals surface area contributed by atoms with Crippen molar-refractivity contribution in [3.63, 3.8) is 0 Å². The molecule has 0 unspecified atom stereocenters. The number of hydrazone groups is 1. The topological polar surface area (TPSA) is 37.3 Å². The number of fused-ring (bicyclic) bond motifs is 1. The quantitative estimate of drug-likeness (QED) is 0.311. The van der Waals surface area contributed by atoms with E-state index in [2.05, 4.69) is 77.2 Å². The fourth-order valence-corrected chi connectivity index (χ4v) is 3.30. The Morgan fingerprint density at radius 2 is 1.96 bits per heavy atom. The van der Waals surface area contributed by atoms with Crippen molar-refractivity contribution in [2.75, 3.05) is 5.43 Å². The summed E-state index contributed by atoms with van der Waals surface area (Å²) in [7, 11) is 0. The number of benzene rings is 2. The lowest BCUT2D eigenvalue weighted by atomic mass is 10.1. The summed E-state index contributed by atoms with van der Waals surface area (Å²) in [6.07, 6.45) is 4.75. The molecule has 124 valence electrons. The molecule has 0 aliphatic heterocycles. The first-order valence-corrected chi connectivity index (χ1v) is 9.38. The van der Waals surface area contributed by atoms with Gasteiger partial charge in [-0.2, -0.15) is 5.10 Å². The van der Waals surface area contributed by atoms with Gasteiger partial charge >= 0.3 is 0 Å². The Labute approximate surface area is 147 Å². The summed E-state index contributed by atoms with van der Waals surface area (Å²) in [4.78, 5) is 4.66. The Kier molecular flexibility index (Phi) is 5.59. The normalized spacial score (nSPS) is 11.8. The average molecular weight is 337 g/mol. The third-order valence-electron chi connectivity index (χ3n) is 4.03. The highest BCUT2D eigenvalue weighted by Gasteiger charge is 2.05. The molecular weight excluding hydrogens is 314 g/mol. The molecule has 3 aromatic rings. The second-order valence-corrected chi connectivity index (χ2v) is 6.87. The van der Waals surface area contributed by atoms with Gasteiger partial charge in [-0.1, -0.05) is 56.2 Å². The van der Waals surface area contributed by atoms with Crippen molar-refractivity contribution in [2.45, 2.75) is 39.5 Å². The van der Waals surface area contributed by atoms with E-state index in [1.807, 2.05) is 0 Å². The molecular formula is C20H23N3S. The predicted molar refractivity (Wildman–Crippen MR) is 106 cm³/mol. The number of aromatic nitrogens is 1. The number of rotatable bonds is 7. The molecule has 0 bridgehead atoms. The molecule has 0 radical (unpaired) electrons. The lowest BCUT2D eigenvalue weighted by Crippen LogP contribution is -1.97. The van der Waals surface area contributed by atoms with E-state index in [1.165, 1.54) is 30.0 Å². The number of hydrogen-bond acceptors (Lipinski definition) is 4. The van der Waals surface area contributed by atoms with Gasteiger partial charge in [0.1, 0.15) is 0 Å². The second kappa shape index (κ2) is 8.06. The van der Waals surface area contributed by atoms with Gasteiger partial charge in [-0.3, -0.25) is 5.43 Å². The molecule has 0 aliphatic rings. The number of anilines is 1. The van der Waals surface area contributed by atoms with Gasteiger partial charge in [0.05, 0.1) is 5.69 Å². The molecule has 0 amide bonds. The summed E-state index contributed by atoms with van der Waals surface area (Å²) in [5.41, 5.74) is 6.36. The van der Waals surface area contributed by atoms with Crippen molar-refractivity contribution in [1.82, 2.24) is 4.98 Å². The van der Waals surface area contributed by atoms with Gasteiger partial charge in [0.2, 0.25) is 5.13 Å². The minimum Gasteiger partial charge on any atom is -0.253 e. The van der Waals surface area contributed by atoms with Crippen LogP contribution >= 0.6 is 11.3 Å². The van der Waals surface area contributed by atoms with Crippen LogP contribution in [0.2, 0.25) is 0 Å². The summed E-state index contributed by atoms with van der Waals surface area (Å²) >= 11 is 1.59. The summed E-state index contributed by atoms with van der Waals surface area (Å²) < 4.78 is 0. The van der Waals surface area contributed by atoms with Gasteiger partial charge in [0, 0.05) is 16.7 Å². The highest BCUT2D eigenvalue weighted by atomic mass is 32.1. The van der Waals surface area contributed by atoms with Gasteiger partial charge in [-0.15, -0.1) is 11.3 Å². The van der Waals surface area contributed by atoms with Gasteiger partial charge in [-0.25, -0.2) is 4.98 Å². The molecule has 0 saturated carbocycles. The molecule has 4 heteroatoms. The van der Waals surface area contributed by atoms with Crippen LogP contribution in [0.5, 0.6) is 0 Å². The SMILES string of the molecule is CCCCC/C(C)=N\Nc1nc(-c2ccc3ccccc3c2)cs1. The zero-order valence-electron chi connectivity index (χ0n) is 14.2. The first-order chi connectivity index (χ1) is 11.8.